The van der Waals surface area contributed by atoms with Gasteiger partial charge in [0.05, 0.1) is 6.04 Å². The van der Waals surface area contributed by atoms with Gasteiger partial charge in [0.15, 0.2) is 0 Å². The van der Waals surface area contributed by atoms with Crippen molar-refractivity contribution in [1.82, 2.24) is 16.0 Å². The van der Waals surface area contributed by atoms with Crippen molar-refractivity contribution in [1.29, 1.82) is 0 Å². The lowest BCUT2D eigenvalue weighted by Crippen LogP contribution is -2.52. The van der Waals surface area contributed by atoms with Gasteiger partial charge in [-0.1, -0.05) is 24.3 Å². The number of fused-ring (bicyclic) bond motifs is 1. The third-order valence-electron chi connectivity index (χ3n) is 3.98. The number of rotatable bonds is 7. The first-order valence-corrected chi connectivity index (χ1v) is 7.84. The van der Waals surface area contributed by atoms with E-state index in [1.54, 1.807) is 0 Å². The van der Waals surface area contributed by atoms with Crippen molar-refractivity contribution in [3.8, 4) is 0 Å². The van der Waals surface area contributed by atoms with Gasteiger partial charge in [-0.15, -0.1) is 0 Å². The van der Waals surface area contributed by atoms with E-state index < -0.39 is 24.1 Å². The fourth-order valence-electron chi connectivity index (χ4n) is 2.69. The van der Waals surface area contributed by atoms with E-state index in [0.29, 0.717) is 19.4 Å². The molecular weight excluding hydrogens is 312 g/mol. The van der Waals surface area contributed by atoms with Gasteiger partial charge >= 0.3 is 12.0 Å². The third kappa shape index (κ3) is 4.95. The quantitative estimate of drug-likeness (QED) is 0.437. The van der Waals surface area contributed by atoms with Crippen LogP contribution in [0.25, 0.3) is 0 Å². The molecule has 0 fully saturated rings. The summed E-state index contributed by atoms with van der Waals surface area (Å²) in [5, 5.41) is 17.3. The number of amides is 3. The highest BCUT2D eigenvalue weighted by Gasteiger charge is 2.27. The zero-order valence-electron chi connectivity index (χ0n) is 13.2. The molecule has 6 N–H and O–H groups in total. The van der Waals surface area contributed by atoms with Gasteiger partial charge in [-0.25, -0.2) is 9.59 Å². The normalized spacial score (nSPS) is 17.4. The second-order valence-electron chi connectivity index (χ2n) is 5.74. The standard InChI is InChI=1S/C16H22N4O4/c17-16(24)18-7-3-6-12(15(22)23)20-14(21)13-8-10-4-1-2-5-11(10)9-19-13/h1-2,4-5,12-13,19H,3,6-9H2,(H,20,21)(H,22,23)(H3,17,18,24)/t12-,13-/m0/s1. The van der Waals surface area contributed by atoms with Gasteiger partial charge in [-0.3, -0.25) is 4.79 Å². The maximum absolute atomic E-state index is 12.3. The molecule has 8 nitrogen and oxygen atoms in total. The predicted octanol–water partition coefficient (Wildman–Crippen LogP) is -0.281. The van der Waals surface area contributed by atoms with Gasteiger partial charge in [0.2, 0.25) is 5.91 Å². The third-order valence-corrected chi connectivity index (χ3v) is 3.98. The molecule has 0 spiro atoms. The molecule has 0 saturated heterocycles. The number of hydrogen-bond donors (Lipinski definition) is 5. The monoisotopic (exact) mass is 334 g/mol. The summed E-state index contributed by atoms with van der Waals surface area (Å²) in [4.78, 5) is 34.2. The van der Waals surface area contributed by atoms with E-state index in [1.165, 1.54) is 0 Å². The van der Waals surface area contributed by atoms with Gasteiger partial charge in [0, 0.05) is 13.1 Å². The summed E-state index contributed by atoms with van der Waals surface area (Å²) < 4.78 is 0. The molecule has 2 rings (SSSR count). The molecule has 8 heteroatoms. The van der Waals surface area contributed by atoms with Crippen LogP contribution in [0.2, 0.25) is 0 Å². The average molecular weight is 334 g/mol. The molecule has 0 aliphatic carbocycles. The zero-order chi connectivity index (χ0) is 17.5. The van der Waals surface area contributed by atoms with Crippen LogP contribution in [-0.4, -0.2) is 41.6 Å². The van der Waals surface area contributed by atoms with Crippen molar-refractivity contribution < 1.29 is 19.5 Å². The van der Waals surface area contributed by atoms with Gasteiger partial charge in [-0.2, -0.15) is 0 Å². The number of aliphatic carboxylic acids is 1. The summed E-state index contributed by atoms with van der Waals surface area (Å²) in [7, 11) is 0. The Bertz CT molecular complexity index is 620. The minimum atomic E-state index is -1.10. The predicted molar refractivity (Wildman–Crippen MR) is 87.2 cm³/mol. The van der Waals surface area contributed by atoms with Gasteiger partial charge in [-0.05, 0) is 30.4 Å². The van der Waals surface area contributed by atoms with Gasteiger partial charge in [0.25, 0.3) is 0 Å². The maximum Gasteiger partial charge on any atom is 0.326 e. The minimum absolute atomic E-state index is 0.213. The average Bonchev–Trinajstić information content (AvgIpc) is 2.56. The van der Waals surface area contributed by atoms with Crippen molar-refractivity contribution in [2.45, 2.75) is 37.9 Å². The Labute approximate surface area is 139 Å². The summed E-state index contributed by atoms with van der Waals surface area (Å²) in [6.07, 6.45) is 1.14. The van der Waals surface area contributed by atoms with Crippen LogP contribution in [0, 0.1) is 0 Å². The number of urea groups is 1. The van der Waals surface area contributed by atoms with E-state index >= 15 is 0 Å². The smallest absolute Gasteiger partial charge is 0.326 e. The summed E-state index contributed by atoms with van der Waals surface area (Å²) >= 11 is 0. The molecule has 0 bridgehead atoms. The minimum Gasteiger partial charge on any atom is -0.480 e. The van der Waals surface area contributed by atoms with E-state index in [4.69, 9.17) is 5.73 Å². The fourth-order valence-corrected chi connectivity index (χ4v) is 2.69. The first-order chi connectivity index (χ1) is 11.5. The molecular formula is C16H22N4O4. The molecule has 0 radical (unpaired) electrons. The summed E-state index contributed by atoms with van der Waals surface area (Å²) in [5.41, 5.74) is 7.18. The number of carbonyl (C=O) groups excluding carboxylic acids is 2. The number of carboxylic acid groups (broad SMARTS) is 1. The zero-order valence-corrected chi connectivity index (χ0v) is 13.2. The van der Waals surface area contributed by atoms with Crippen LogP contribution < -0.4 is 21.7 Å². The second kappa shape index (κ2) is 8.30. The Morgan fingerprint density at radius 2 is 2.00 bits per heavy atom. The van der Waals surface area contributed by atoms with Crippen LogP contribution in [0.4, 0.5) is 4.79 Å². The van der Waals surface area contributed by atoms with E-state index in [1.807, 2.05) is 24.3 Å². The van der Waals surface area contributed by atoms with Crippen LogP contribution in [0.15, 0.2) is 24.3 Å². The molecule has 1 heterocycles. The molecule has 2 atom stereocenters. The molecule has 0 saturated carbocycles. The van der Waals surface area contributed by atoms with Crippen molar-refractivity contribution in [3.63, 3.8) is 0 Å². The highest BCUT2D eigenvalue weighted by molar-refractivity contribution is 5.87. The Morgan fingerprint density at radius 3 is 2.67 bits per heavy atom. The first kappa shape index (κ1) is 17.7. The van der Waals surface area contributed by atoms with Crippen LogP contribution >= 0.6 is 0 Å². The topological polar surface area (TPSA) is 134 Å². The lowest BCUT2D eigenvalue weighted by molar-refractivity contribution is -0.142. The fraction of sp³-hybridized carbons (Fsp3) is 0.438. The molecule has 0 aromatic heterocycles. The molecule has 1 aliphatic rings. The number of hydrogen-bond acceptors (Lipinski definition) is 4. The SMILES string of the molecule is NC(=O)NCCC[C@H](NC(=O)[C@@H]1Cc2ccccc2CN1)C(=O)O. The van der Waals surface area contributed by atoms with E-state index in [-0.39, 0.29) is 18.9 Å². The van der Waals surface area contributed by atoms with E-state index in [0.717, 1.165) is 11.1 Å². The molecule has 24 heavy (non-hydrogen) atoms. The Hall–Kier alpha value is -2.61. The largest absolute Gasteiger partial charge is 0.480 e. The van der Waals surface area contributed by atoms with Crippen LogP contribution in [-0.2, 0) is 22.6 Å². The van der Waals surface area contributed by atoms with Crippen LogP contribution in [0.5, 0.6) is 0 Å². The molecule has 3 amide bonds. The first-order valence-electron chi connectivity index (χ1n) is 7.84. The van der Waals surface area contributed by atoms with Crippen molar-refractivity contribution >= 4 is 17.9 Å². The van der Waals surface area contributed by atoms with Crippen LogP contribution in [0.1, 0.15) is 24.0 Å². The maximum atomic E-state index is 12.3. The van der Waals surface area contributed by atoms with Crippen molar-refractivity contribution in [3.05, 3.63) is 35.4 Å². The number of primary amides is 1. The summed E-state index contributed by atoms with van der Waals surface area (Å²) in [5.74, 6) is -1.43. The van der Waals surface area contributed by atoms with Crippen molar-refractivity contribution in [2.75, 3.05) is 6.54 Å². The molecule has 1 aromatic carbocycles. The Morgan fingerprint density at radius 1 is 1.29 bits per heavy atom. The highest BCUT2D eigenvalue weighted by atomic mass is 16.4. The molecule has 1 aliphatic heterocycles. The molecule has 130 valence electrons. The lowest BCUT2D eigenvalue weighted by atomic mass is 9.95. The lowest BCUT2D eigenvalue weighted by Gasteiger charge is -2.26. The number of nitrogens with one attached hydrogen (secondary N) is 3. The van der Waals surface area contributed by atoms with E-state index in [2.05, 4.69) is 16.0 Å². The Balaban J connectivity index is 1.87. The summed E-state index contributed by atoms with van der Waals surface area (Å²) in [6, 6.07) is 5.74. The Kier molecular flexibility index (Phi) is 6.14. The molecule has 0 unspecified atom stereocenters. The van der Waals surface area contributed by atoms with Crippen molar-refractivity contribution in [2.24, 2.45) is 5.73 Å². The molecule has 1 aromatic rings. The van der Waals surface area contributed by atoms with Gasteiger partial charge in [0.1, 0.15) is 6.04 Å². The second-order valence-corrected chi connectivity index (χ2v) is 5.74. The van der Waals surface area contributed by atoms with Gasteiger partial charge < -0.3 is 26.8 Å². The van der Waals surface area contributed by atoms with E-state index in [9.17, 15) is 19.5 Å². The summed E-state index contributed by atoms with van der Waals surface area (Å²) in [6.45, 7) is 0.846. The van der Waals surface area contributed by atoms with Crippen LogP contribution in [0.3, 0.4) is 0 Å². The number of nitrogens with two attached hydrogens (primary N) is 1. The number of benzene rings is 1. The number of carboxylic acids is 1. The number of carbonyl (C=O) groups is 3. The highest BCUT2D eigenvalue weighted by Crippen LogP contribution is 2.16.